The van der Waals surface area contributed by atoms with Crippen molar-refractivity contribution in [1.29, 1.82) is 0 Å². The zero-order chi connectivity index (χ0) is 27.9. The van der Waals surface area contributed by atoms with E-state index in [-0.39, 0.29) is 24.5 Å². The fourth-order valence-electron chi connectivity index (χ4n) is 4.84. The number of hydrazone groups is 1. The van der Waals surface area contributed by atoms with Crippen molar-refractivity contribution in [3.05, 3.63) is 81.5 Å². The molecule has 0 aliphatic carbocycles. The highest BCUT2D eigenvalue weighted by Gasteiger charge is 2.35. The number of benzene rings is 2. The summed E-state index contributed by atoms with van der Waals surface area (Å²) in [5.74, 6) is 0.257. The third-order valence-corrected chi connectivity index (χ3v) is 8.25. The number of para-hydroxylation sites is 2. The van der Waals surface area contributed by atoms with Crippen molar-refractivity contribution in [1.82, 2.24) is 14.8 Å². The summed E-state index contributed by atoms with van der Waals surface area (Å²) in [7, 11) is 1.55. The Bertz CT molecular complexity index is 1350. The number of rotatable bonds is 9. The second kappa shape index (κ2) is 13.3. The monoisotopic (exact) mass is 581 g/mol. The van der Waals surface area contributed by atoms with Gasteiger partial charge in [0.2, 0.25) is 0 Å². The van der Waals surface area contributed by atoms with Gasteiger partial charge in [-0.2, -0.15) is 5.10 Å². The molecular weight excluding hydrogens is 550 g/mol. The number of ether oxygens (including phenoxy) is 2. The number of anilines is 1. The van der Waals surface area contributed by atoms with E-state index in [0.29, 0.717) is 49.2 Å². The quantitative estimate of drug-likeness (QED) is 0.386. The number of methoxy groups -OCH3 is 1. The number of amides is 3. The van der Waals surface area contributed by atoms with Crippen LogP contribution in [0, 0.1) is 0 Å². The predicted molar refractivity (Wildman–Crippen MR) is 157 cm³/mol. The Balaban J connectivity index is 1.38. The second-order valence-electron chi connectivity index (χ2n) is 9.51. The third kappa shape index (κ3) is 6.64. The van der Waals surface area contributed by atoms with Gasteiger partial charge < -0.3 is 19.7 Å². The minimum atomic E-state index is -0.387. The summed E-state index contributed by atoms with van der Waals surface area (Å²) in [6, 6.07) is 17.9. The molecule has 3 aromatic rings. The lowest BCUT2D eigenvalue weighted by atomic mass is 10.0. The van der Waals surface area contributed by atoms with Crippen LogP contribution in [-0.4, -0.2) is 85.5 Å². The topological polar surface area (TPSA) is 86.7 Å². The van der Waals surface area contributed by atoms with Crippen LogP contribution in [0.5, 0.6) is 5.75 Å². The summed E-state index contributed by atoms with van der Waals surface area (Å²) in [5.41, 5.74) is 2.18. The number of hydrogen-bond donors (Lipinski definition) is 1. The van der Waals surface area contributed by atoms with Gasteiger partial charge in [0, 0.05) is 37.6 Å². The van der Waals surface area contributed by atoms with E-state index in [9.17, 15) is 9.59 Å². The Kier molecular flexibility index (Phi) is 9.33. The Hall–Kier alpha value is -3.44. The largest absolute Gasteiger partial charge is 0.495 e. The highest BCUT2D eigenvalue weighted by atomic mass is 35.5. The maximum absolute atomic E-state index is 13.9. The molecule has 0 saturated carbocycles. The molecule has 11 heteroatoms. The number of hydrogen-bond acceptors (Lipinski definition) is 7. The molecule has 2 aliphatic rings. The Morgan fingerprint density at radius 2 is 1.90 bits per heavy atom. The van der Waals surface area contributed by atoms with Crippen molar-refractivity contribution in [3.8, 4) is 5.75 Å². The lowest BCUT2D eigenvalue weighted by Gasteiger charge is -2.31. The molecule has 210 valence electrons. The average molecular weight is 582 g/mol. The van der Waals surface area contributed by atoms with E-state index in [0.717, 1.165) is 29.2 Å². The Morgan fingerprint density at radius 1 is 1.12 bits per heavy atom. The van der Waals surface area contributed by atoms with Gasteiger partial charge in [-0.15, -0.1) is 11.3 Å². The minimum absolute atomic E-state index is 0.145. The number of nitrogens with one attached hydrogen (secondary N) is 1. The lowest BCUT2D eigenvalue weighted by molar-refractivity contribution is -0.133. The summed E-state index contributed by atoms with van der Waals surface area (Å²) in [6.45, 7) is 3.70. The molecule has 40 heavy (non-hydrogen) atoms. The molecule has 1 saturated heterocycles. The summed E-state index contributed by atoms with van der Waals surface area (Å²) >= 11 is 8.15. The van der Waals surface area contributed by atoms with E-state index in [2.05, 4.69) is 10.2 Å². The summed E-state index contributed by atoms with van der Waals surface area (Å²) < 4.78 is 10.9. The van der Waals surface area contributed by atoms with Crippen LogP contribution in [0.3, 0.4) is 0 Å². The molecule has 2 aromatic carbocycles. The van der Waals surface area contributed by atoms with Crippen molar-refractivity contribution in [2.75, 3.05) is 58.4 Å². The average Bonchev–Trinajstić information content (AvgIpc) is 3.67. The lowest BCUT2D eigenvalue weighted by Crippen LogP contribution is -2.47. The zero-order valence-electron chi connectivity index (χ0n) is 22.3. The number of morpholine rings is 1. The molecule has 1 atom stereocenters. The summed E-state index contributed by atoms with van der Waals surface area (Å²) in [6.07, 6.45) is 0.539. The molecule has 0 unspecified atom stereocenters. The normalized spacial score (nSPS) is 17.4. The molecule has 0 bridgehead atoms. The Labute approximate surface area is 242 Å². The predicted octanol–water partition coefficient (Wildman–Crippen LogP) is 4.95. The molecule has 1 fully saturated rings. The van der Waals surface area contributed by atoms with Crippen molar-refractivity contribution in [3.63, 3.8) is 0 Å². The first-order valence-electron chi connectivity index (χ1n) is 13.2. The molecule has 3 amide bonds. The van der Waals surface area contributed by atoms with Gasteiger partial charge in [0.1, 0.15) is 12.3 Å². The van der Waals surface area contributed by atoms with E-state index >= 15 is 0 Å². The third-order valence-electron chi connectivity index (χ3n) is 6.99. The van der Waals surface area contributed by atoms with Gasteiger partial charge >= 0.3 is 6.03 Å². The van der Waals surface area contributed by atoms with E-state index < -0.39 is 0 Å². The molecule has 0 spiro atoms. The van der Waals surface area contributed by atoms with E-state index in [1.165, 1.54) is 9.91 Å². The van der Waals surface area contributed by atoms with E-state index in [1.54, 1.807) is 30.6 Å². The summed E-state index contributed by atoms with van der Waals surface area (Å²) in [5, 5.41) is 11.7. The molecule has 3 heterocycles. The summed E-state index contributed by atoms with van der Waals surface area (Å²) in [4.78, 5) is 32.2. The standard InChI is InChI=1S/C29H32ClN5O4S/c1-38-26-10-5-4-9-23(26)31-29(37)34(13-12-33-14-16-39-17-15-33)20-28(36)35-25(21-7-2-3-8-22(21)30)19-24(32-35)27-11-6-18-40-27/h2-11,18,25H,12-17,19-20H2,1H3,(H,31,37)/t25-/m0/s1. The second-order valence-corrected chi connectivity index (χ2v) is 10.9. The number of urea groups is 1. The highest BCUT2D eigenvalue weighted by molar-refractivity contribution is 7.12. The molecule has 9 nitrogen and oxygen atoms in total. The SMILES string of the molecule is COc1ccccc1NC(=O)N(CCN1CCOCC1)CC(=O)N1N=C(c2cccs2)C[C@H]1c1ccccc1Cl. The van der Waals surface area contributed by atoms with Crippen LogP contribution in [-0.2, 0) is 9.53 Å². The minimum Gasteiger partial charge on any atom is -0.495 e. The van der Waals surface area contributed by atoms with Crippen LogP contribution < -0.4 is 10.1 Å². The van der Waals surface area contributed by atoms with Gasteiger partial charge in [0.15, 0.2) is 0 Å². The molecular formula is C29H32ClN5O4S. The number of carbonyl (C=O) groups excluding carboxylic acids is 2. The first-order chi connectivity index (χ1) is 19.5. The van der Waals surface area contributed by atoms with Crippen LogP contribution in [0.4, 0.5) is 10.5 Å². The highest BCUT2D eigenvalue weighted by Crippen LogP contribution is 2.37. The van der Waals surface area contributed by atoms with Crippen LogP contribution in [0.2, 0.25) is 5.02 Å². The van der Waals surface area contributed by atoms with E-state index in [4.69, 9.17) is 26.2 Å². The number of nitrogens with zero attached hydrogens (tertiary/aromatic N) is 4. The number of halogens is 1. The maximum atomic E-state index is 13.9. The van der Waals surface area contributed by atoms with Crippen LogP contribution in [0.15, 0.2) is 71.1 Å². The van der Waals surface area contributed by atoms with Crippen molar-refractivity contribution in [2.45, 2.75) is 12.5 Å². The van der Waals surface area contributed by atoms with Crippen LogP contribution in [0.1, 0.15) is 22.9 Å². The number of carbonyl (C=O) groups is 2. The maximum Gasteiger partial charge on any atom is 0.322 e. The van der Waals surface area contributed by atoms with Gasteiger partial charge in [-0.3, -0.25) is 9.69 Å². The fraction of sp³-hybridized carbons (Fsp3) is 0.345. The first kappa shape index (κ1) is 28.1. The van der Waals surface area contributed by atoms with Gasteiger partial charge in [-0.1, -0.05) is 48.0 Å². The fourth-order valence-corrected chi connectivity index (χ4v) is 5.82. The van der Waals surface area contributed by atoms with E-state index in [1.807, 2.05) is 53.9 Å². The Morgan fingerprint density at radius 3 is 2.65 bits per heavy atom. The molecule has 1 N–H and O–H groups in total. The molecule has 2 aliphatic heterocycles. The van der Waals surface area contributed by atoms with Crippen molar-refractivity contribution < 1.29 is 19.1 Å². The smallest absolute Gasteiger partial charge is 0.322 e. The molecule has 5 rings (SSSR count). The van der Waals surface area contributed by atoms with Gasteiger partial charge in [0.05, 0.1) is 42.6 Å². The van der Waals surface area contributed by atoms with Gasteiger partial charge in [-0.25, -0.2) is 9.80 Å². The zero-order valence-corrected chi connectivity index (χ0v) is 23.9. The van der Waals surface area contributed by atoms with Crippen LogP contribution >= 0.6 is 22.9 Å². The first-order valence-corrected chi connectivity index (χ1v) is 14.5. The molecule has 0 radical (unpaired) electrons. The van der Waals surface area contributed by atoms with Crippen molar-refractivity contribution >= 4 is 46.3 Å². The molecule has 1 aromatic heterocycles. The van der Waals surface area contributed by atoms with Crippen LogP contribution in [0.25, 0.3) is 0 Å². The van der Waals surface area contributed by atoms with Gasteiger partial charge in [0.25, 0.3) is 5.91 Å². The van der Waals surface area contributed by atoms with Gasteiger partial charge in [-0.05, 0) is 35.2 Å². The van der Waals surface area contributed by atoms with Crippen molar-refractivity contribution in [2.24, 2.45) is 5.10 Å². The number of thiophene rings is 1.